The Kier molecular flexibility index (Phi) is 3.22. The van der Waals surface area contributed by atoms with Crippen LogP contribution in [0.15, 0.2) is 30.3 Å². The van der Waals surface area contributed by atoms with Crippen LogP contribution in [-0.2, 0) is 0 Å². The summed E-state index contributed by atoms with van der Waals surface area (Å²) in [6, 6.07) is 9.85. The fourth-order valence-corrected chi connectivity index (χ4v) is 1.19. The fourth-order valence-electron chi connectivity index (χ4n) is 0.902. The highest BCUT2D eigenvalue weighted by molar-refractivity contribution is 6.29. The number of halogens is 2. The molecule has 1 unspecified atom stereocenters. The summed E-state index contributed by atoms with van der Waals surface area (Å²) in [5, 5.41) is -0.114. The molecule has 2 atom stereocenters. The van der Waals surface area contributed by atoms with Crippen molar-refractivity contribution in [3.63, 3.8) is 0 Å². The Morgan fingerprint density at radius 3 is 2.09 bits per heavy atom. The average Bonchev–Trinajstić information content (AvgIpc) is 2.05. The second kappa shape index (κ2) is 3.99. The van der Waals surface area contributed by atoms with Crippen LogP contribution in [-0.4, -0.2) is 5.38 Å². The van der Waals surface area contributed by atoms with Gasteiger partial charge in [-0.05, 0) is 12.5 Å². The summed E-state index contributed by atoms with van der Waals surface area (Å²) in [6.45, 7) is 1.90. The Balaban J connectivity index is 2.77. The van der Waals surface area contributed by atoms with E-state index in [4.69, 9.17) is 23.2 Å². The van der Waals surface area contributed by atoms with Crippen molar-refractivity contribution in [2.24, 2.45) is 0 Å². The SMILES string of the molecule is CC(Cl)[C@@H](Cl)c1ccccc1. The van der Waals surface area contributed by atoms with Crippen LogP contribution in [0.4, 0.5) is 0 Å². The summed E-state index contributed by atoms with van der Waals surface area (Å²) in [5.41, 5.74) is 1.08. The first-order valence-electron chi connectivity index (χ1n) is 3.55. The molecule has 11 heavy (non-hydrogen) atoms. The van der Waals surface area contributed by atoms with Crippen molar-refractivity contribution < 1.29 is 0 Å². The third kappa shape index (κ3) is 2.39. The van der Waals surface area contributed by atoms with Crippen LogP contribution in [0.25, 0.3) is 0 Å². The van der Waals surface area contributed by atoms with Gasteiger partial charge in [-0.2, -0.15) is 0 Å². The van der Waals surface area contributed by atoms with Gasteiger partial charge in [0.05, 0.1) is 10.8 Å². The average molecular weight is 189 g/mol. The number of benzene rings is 1. The molecule has 2 heteroatoms. The van der Waals surface area contributed by atoms with Gasteiger partial charge in [-0.25, -0.2) is 0 Å². The third-order valence-corrected chi connectivity index (χ3v) is 2.53. The summed E-state index contributed by atoms with van der Waals surface area (Å²) in [6.07, 6.45) is 0. The highest BCUT2D eigenvalue weighted by Crippen LogP contribution is 2.26. The minimum absolute atomic E-state index is 0.0286. The van der Waals surface area contributed by atoms with E-state index >= 15 is 0 Å². The first-order valence-corrected chi connectivity index (χ1v) is 4.42. The van der Waals surface area contributed by atoms with Gasteiger partial charge >= 0.3 is 0 Å². The minimum atomic E-state index is -0.0853. The van der Waals surface area contributed by atoms with Gasteiger partial charge < -0.3 is 0 Å². The molecular weight excluding hydrogens is 179 g/mol. The molecule has 0 radical (unpaired) electrons. The van der Waals surface area contributed by atoms with Gasteiger partial charge in [-0.15, -0.1) is 23.2 Å². The molecule has 0 aliphatic rings. The maximum atomic E-state index is 6.01. The highest BCUT2D eigenvalue weighted by atomic mass is 35.5. The Labute approximate surface area is 77.1 Å². The molecule has 0 aromatic heterocycles. The Morgan fingerprint density at radius 2 is 1.64 bits per heavy atom. The van der Waals surface area contributed by atoms with Gasteiger partial charge in [0.1, 0.15) is 0 Å². The zero-order chi connectivity index (χ0) is 8.27. The van der Waals surface area contributed by atoms with E-state index in [1.807, 2.05) is 37.3 Å². The summed E-state index contributed by atoms with van der Waals surface area (Å²) in [7, 11) is 0. The normalized spacial score (nSPS) is 15.9. The van der Waals surface area contributed by atoms with E-state index in [1.165, 1.54) is 0 Å². The predicted molar refractivity (Wildman–Crippen MR) is 50.4 cm³/mol. The van der Waals surface area contributed by atoms with Crippen LogP contribution in [0.1, 0.15) is 17.9 Å². The van der Waals surface area contributed by atoms with E-state index in [-0.39, 0.29) is 10.8 Å². The van der Waals surface area contributed by atoms with Crippen LogP contribution >= 0.6 is 23.2 Å². The molecule has 1 aromatic carbocycles. The van der Waals surface area contributed by atoms with Crippen LogP contribution in [0.2, 0.25) is 0 Å². The highest BCUT2D eigenvalue weighted by Gasteiger charge is 2.12. The summed E-state index contributed by atoms with van der Waals surface area (Å²) in [4.78, 5) is 0. The molecule has 0 spiro atoms. The predicted octanol–water partition coefficient (Wildman–Crippen LogP) is 3.59. The molecule has 0 bridgehead atoms. The number of hydrogen-bond acceptors (Lipinski definition) is 0. The van der Waals surface area contributed by atoms with Crippen molar-refractivity contribution in [3.8, 4) is 0 Å². The number of alkyl halides is 2. The van der Waals surface area contributed by atoms with Crippen molar-refractivity contribution in [1.29, 1.82) is 0 Å². The molecule has 0 amide bonds. The van der Waals surface area contributed by atoms with Crippen LogP contribution in [0.5, 0.6) is 0 Å². The monoisotopic (exact) mass is 188 g/mol. The zero-order valence-corrected chi connectivity index (χ0v) is 7.81. The van der Waals surface area contributed by atoms with E-state index in [2.05, 4.69) is 0 Å². The topological polar surface area (TPSA) is 0 Å². The maximum Gasteiger partial charge on any atom is 0.0746 e. The third-order valence-electron chi connectivity index (χ3n) is 1.52. The molecule has 0 N–H and O–H groups in total. The lowest BCUT2D eigenvalue weighted by Crippen LogP contribution is -2.01. The van der Waals surface area contributed by atoms with Gasteiger partial charge in [0.25, 0.3) is 0 Å². The Hall–Kier alpha value is -0.200. The summed E-state index contributed by atoms with van der Waals surface area (Å²) in [5.74, 6) is 0. The van der Waals surface area contributed by atoms with Crippen molar-refractivity contribution in [2.45, 2.75) is 17.7 Å². The summed E-state index contributed by atoms with van der Waals surface area (Å²) < 4.78 is 0. The molecule has 0 aliphatic heterocycles. The van der Waals surface area contributed by atoms with E-state index < -0.39 is 0 Å². The molecular formula is C9H10Cl2. The van der Waals surface area contributed by atoms with Crippen LogP contribution in [0.3, 0.4) is 0 Å². The first kappa shape index (κ1) is 8.89. The van der Waals surface area contributed by atoms with E-state index in [0.717, 1.165) is 5.56 Å². The van der Waals surface area contributed by atoms with Crippen LogP contribution in [0, 0.1) is 0 Å². The fraction of sp³-hybridized carbons (Fsp3) is 0.333. The van der Waals surface area contributed by atoms with Crippen molar-refractivity contribution >= 4 is 23.2 Å². The maximum absolute atomic E-state index is 6.01. The lowest BCUT2D eigenvalue weighted by atomic mass is 10.1. The van der Waals surface area contributed by atoms with Crippen molar-refractivity contribution in [1.82, 2.24) is 0 Å². The van der Waals surface area contributed by atoms with Crippen molar-refractivity contribution in [2.75, 3.05) is 0 Å². The molecule has 60 valence electrons. The number of hydrogen-bond donors (Lipinski definition) is 0. The van der Waals surface area contributed by atoms with Gasteiger partial charge in [0, 0.05) is 0 Å². The van der Waals surface area contributed by atoms with Gasteiger partial charge in [0.2, 0.25) is 0 Å². The second-order valence-corrected chi connectivity index (χ2v) is 3.65. The lowest BCUT2D eigenvalue weighted by Gasteiger charge is -2.10. The Morgan fingerprint density at radius 1 is 1.09 bits per heavy atom. The van der Waals surface area contributed by atoms with Crippen molar-refractivity contribution in [3.05, 3.63) is 35.9 Å². The summed E-state index contributed by atoms with van der Waals surface area (Å²) >= 11 is 11.8. The quantitative estimate of drug-likeness (QED) is 0.623. The van der Waals surface area contributed by atoms with Gasteiger partial charge in [0.15, 0.2) is 0 Å². The molecule has 0 saturated heterocycles. The molecule has 0 fully saturated rings. The largest absolute Gasteiger partial charge is 0.121 e. The van der Waals surface area contributed by atoms with Gasteiger partial charge in [-0.1, -0.05) is 30.3 Å². The van der Waals surface area contributed by atoms with E-state index in [1.54, 1.807) is 0 Å². The molecule has 0 aliphatic carbocycles. The standard InChI is InChI=1S/C9H10Cl2/c1-7(10)9(11)8-5-3-2-4-6-8/h2-7,9H,1H3/t7?,9-/m1/s1. The van der Waals surface area contributed by atoms with Gasteiger partial charge in [-0.3, -0.25) is 0 Å². The second-order valence-electron chi connectivity index (χ2n) is 2.49. The minimum Gasteiger partial charge on any atom is -0.121 e. The molecule has 0 nitrogen and oxygen atoms in total. The smallest absolute Gasteiger partial charge is 0.0746 e. The number of rotatable bonds is 2. The zero-order valence-electron chi connectivity index (χ0n) is 6.30. The molecule has 0 saturated carbocycles. The molecule has 1 aromatic rings. The van der Waals surface area contributed by atoms with E-state index in [9.17, 15) is 0 Å². The van der Waals surface area contributed by atoms with Crippen LogP contribution < -0.4 is 0 Å². The first-order chi connectivity index (χ1) is 5.22. The molecule has 0 heterocycles. The lowest BCUT2D eigenvalue weighted by molar-refractivity contribution is 0.893. The Bertz CT molecular complexity index is 206. The molecule has 1 rings (SSSR count). The van der Waals surface area contributed by atoms with E-state index in [0.29, 0.717) is 0 Å².